The van der Waals surface area contributed by atoms with Crippen LogP contribution in [0.1, 0.15) is 43.6 Å². The Hall–Kier alpha value is -2.37. The van der Waals surface area contributed by atoms with Gasteiger partial charge in [0, 0.05) is 5.56 Å². The third-order valence-electron chi connectivity index (χ3n) is 3.17. The lowest BCUT2D eigenvalue weighted by Crippen LogP contribution is -2.44. The summed E-state index contributed by atoms with van der Waals surface area (Å²) in [5, 5.41) is 13.4. The second-order valence-electron chi connectivity index (χ2n) is 6.14. The average molecular weight is 306 g/mol. The van der Waals surface area contributed by atoms with E-state index in [1.54, 1.807) is 12.1 Å². The maximum atomic E-state index is 11.9. The van der Waals surface area contributed by atoms with Crippen molar-refractivity contribution in [3.05, 3.63) is 35.4 Å². The number of hydrogen-bond donors (Lipinski definition) is 3. The fourth-order valence-corrected chi connectivity index (χ4v) is 1.74. The Labute approximate surface area is 129 Å². The van der Waals surface area contributed by atoms with Crippen molar-refractivity contribution < 1.29 is 19.5 Å². The van der Waals surface area contributed by atoms with Gasteiger partial charge in [-0.15, -0.1) is 0 Å². The molecule has 3 N–H and O–H groups in total. The molecule has 0 saturated heterocycles. The summed E-state index contributed by atoms with van der Waals surface area (Å²) in [6.07, 6.45) is 0. The van der Waals surface area contributed by atoms with Crippen LogP contribution in [0.25, 0.3) is 0 Å². The van der Waals surface area contributed by atoms with Crippen molar-refractivity contribution >= 4 is 17.8 Å². The molecule has 6 nitrogen and oxygen atoms in total. The van der Waals surface area contributed by atoms with Gasteiger partial charge in [0.2, 0.25) is 5.91 Å². The Morgan fingerprint density at radius 1 is 1.14 bits per heavy atom. The normalized spacial score (nSPS) is 12.4. The summed E-state index contributed by atoms with van der Waals surface area (Å²) in [6, 6.07) is 6.17. The average Bonchev–Trinajstić information content (AvgIpc) is 2.43. The van der Waals surface area contributed by atoms with E-state index in [0.29, 0.717) is 5.56 Å². The summed E-state index contributed by atoms with van der Waals surface area (Å²) >= 11 is 0. The highest BCUT2D eigenvalue weighted by atomic mass is 16.4. The third kappa shape index (κ3) is 5.20. The molecule has 120 valence electrons. The van der Waals surface area contributed by atoms with Crippen molar-refractivity contribution in [2.24, 2.45) is 0 Å². The molecule has 1 atom stereocenters. The summed E-state index contributed by atoms with van der Waals surface area (Å²) in [6.45, 7) is 7.33. The number of carboxylic acid groups (broad SMARTS) is 1. The number of carbonyl (C=O) groups is 3. The van der Waals surface area contributed by atoms with E-state index in [0.717, 1.165) is 5.56 Å². The molecule has 0 aliphatic heterocycles. The molecule has 0 heterocycles. The first-order valence-electron chi connectivity index (χ1n) is 7.02. The lowest BCUT2D eigenvalue weighted by Gasteiger charge is -2.19. The molecule has 1 aromatic rings. The molecule has 0 radical (unpaired) electrons. The van der Waals surface area contributed by atoms with E-state index in [1.165, 1.54) is 6.92 Å². The van der Waals surface area contributed by atoms with Gasteiger partial charge in [0.1, 0.15) is 6.04 Å². The second-order valence-corrected chi connectivity index (χ2v) is 6.14. The van der Waals surface area contributed by atoms with Gasteiger partial charge in [-0.2, -0.15) is 0 Å². The minimum Gasteiger partial charge on any atom is -0.480 e. The Balaban J connectivity index is 2.56. The number of nitrogens with one attached hydrogen (secondary N) is 2. The van der Waals surface area contributed by atoms with Gasteiger partial charge in [0.05, 0.1) is 6.54 Å². The third-order valence-corrected chi connectivity index (χ3v) is 3.17. The summed E-state index contributed by atoms with van der Waals surface area (Å²) in [5.74, 6) is -2.05. The molecule has 1 aromatic carbocycles. The second kappa shape index (κ2) is 7.06. The molecule has 22 heavy (non-hydrogen) atoms. The van der Waals surface area contributed by atoms with Crippen LogP contribution >= 0.6 is 0 Å². The Bertz CT molecular complexity index is 559. The lowest BCUT2D eigenvalue weighted by atomic mass is 9.87. The van der Waals surface area contributed by atoms with Crippen molar-refractivity contribution in [3.8, 4) is 0 Å². The Kier molecular flexibility index (Phi) is 5.68. The minimum absolute atomic E-state index is 0.00185. The fraction of sp³-hybridized carbons (Fsp3) is 0.438. The molecular formula is C16H22N2O4. The number of amides is 2. The Morgan fingerprint density at radius 2 is 1.68 bits per heavy atom. The van der Waals surface area contributed by atoms with Gasteiger partial charge in [-0.3, -0.25) is 14.4 Å². The number of hydrogen-bond acceptors (Lipinski definition) is 3. The van der Waals surface area contributed by atoms with E-state index < -0.39 is 17.9 Å². The molecule has 0 saturated carbocycles. The standard InChI is InChI=1S/C16H22N2O4/c1-10(15(21)22)18-13(19)9-17-14(20)11-5-7-12(8-6-11)16(2,3)4/h5-8,10H,9H2,1-4H3,(H,17,20)(H,18,19)(H,21,22). The van der Waals surface area contributed by atoms with Gasteiger partial charge in [0.15, 0.2) is 0 Å². The highest BCUT2D eigenvalue weighted by Crippen LogP contribution is 2.22. The van der Waals surface area contributed by atoms with Crippen molar-refractivity contribution in [3.63, 3.8) is 0 Å². The molecule has 6 heteroatoms. The van der Waals surface area contributed by atoms with Crippen molar-refractivity contribution in [1.29, 1.82) is 0 Å². The fourth-order valence-electron chi connectivity index (χ4n) is 1.74. The van der Waals surface area contributed by atoms with Gasteiger partial charge < -0.3 is 15.7 Å². The van der Waals surface area contributed by atoms with Crippen LogP contribution in [0.2, 0.25) is 0 Å². The molecule has 0 bridgehead atoms. The summed E-state index contributed by atoms with van der Waals surface area (Å²) < 4.78 is 0. The van der Waals surface area contributed by atoms with Crippen LogP contribution in [0, 0.1) is 0 Å². The molecule has 2 amide bonds. The SMILES string of the molecule is CC(NC(=O)CNC(=O)c1ccc(C(C)(C)C)cc1)C(=O)O. The molecule has 0 spiro atoms. The minimum atomic E-state index is -1.13. The van der Waals surface area contributed by atoms with Gasteiger partial charge in [-0.1, -0.05) is 32.9 Å². The highest BCUT2D eigenvalue weighted by molar-refractivity contribution is 5.96. The van der Waals surface area contributed by atoms with Crippen molar-refractivity contribution in [1.82, 2.24) is 10.6 Å². The van der Waals surface area contributed by atoms with E-state index in [9.17, 15) is 14.4 Å². The van der Waals surface area contributed by atoms with E-state index >= 15 is 0 Å². The van der Waals surface area contributed by atoms with Crippen LogP contribution in [0.4, 0.5) is 0 Å². The van der Waals surface area contributed by atoms with E-state index in [-0.39, 0.29) is 17.9 Å². The molecule has 0 aliphatic carbocycles. The first-order chi connectivity index (χ1) is 10.1. The number of benzene rings is 1. The summed E-state index contributed by atoms with van der Waals surface area (Å²) in [5.41, 5.74) is 1.56. The molecule has 0 aliphatic rings. The predicted molar refractivity (Wildman–Crippen MR) is 82.7 cm³/mol. The van der Waals surface area contributed by atoms with Crippen LogP contribution in [0.5, 0.6) is 0 Å². The molecule has 1 unspecified atom stereocenters. The van der Waals surface area contributed by atoms with E-state index in [2.05, 4.69) is 31.4 Å². The van der Waals surface area contributed by atoms with Crippen molar-refractivity contribution in [2.45, 2.75) is 39.2 Å². The maximum absolute atomic E-state index is 11.9. The zero-order valence-electron chi connectivity index (χ0n) is 13.3. The van der Waals surface area contributed by atoms with Gasteiger partial charge in [-0.25, -0.2) is 0 Å². The lowest BCUT2D eigenvalue weighted by molar-refractivity contribution is -0.141. The monoisotopic (exact) mass is 306 g/mol. The molecular weight excluding hydrogens is 284 g/mol. The maximum Gasteiger partial charge on any atom is 0.325 e. The van der Waals surface area contributed by atoms with Crippen LogP contribution in [0.15, 0.2) is 24.3 Å². The smallest absolute Gasteiger partial charge is 0.325 e. The summed E-state index contributed by atoms with van der Waals surface area (Å²) in [7, 11) is 0. The van der Waals surface area contributed by atoms with Gasteiger partial charge >= 0.3 is 5.97 Å². The number of aliphatic carboxylic acids is 1. The van der Waals surface area contributed by atoms with Crippen LogP contribution in [-0.2, 0) is 15.0 Å². The van der Waals surface area contributed by atoms with Crippen LogP contribution < -0.4 is 10.6 Å². The quantitative estimate of drug-likeness (QED) is 0.764. The number of carboxylic acids is 1. The highest BCUT2D eigenvalue weighted by Gasteiger charge is 2.16. The summed E-state index contributed by atoms with van der Waals surface area (Å²) in [4.78, 5) is 34.0. The first-order valence-corrected chi connectivity index (χ1v) is 7.02. The number of rotatable bonds is 5. The van der Waals surface area contributed by atoms with Gasteiger partial charge in [-0.05, 0) is 30.0 Å². The molecule has 0 fully saturated rings. The van der Waals surface area contributed by atoms with Gasteiger partial charge in [0.25, 0.3) is 5.91 Å². The topological polar surface area (TPSA) is 95.5 Å². The predicted octanol–water partition coefficient (Wildman–Crippen LogP) is 1.30. The number of carbonyl (C=O) groups excluding carboxylic acids is 2. The largest absolute Gasteiger partial charge is 0.480 e. The van der Waals surface area contributed by atoms with Crippen molar-refractivity contribution in [2.75, 3.05) is 6.54 Å². The Morgan fingerprint density at radius 3 is 2.14 bits per heavy atom. The molecule has 1 rings (SSSR count). The van der Waals surface area contributed by atoms with E-state index in [1.807, 2.05) is 12.1 Å². The first kappa shape index (κ1) is 17.7. The molecule has 0 aromatic heterocycles. The van der Waals surface area contributed by atoms with E-state index in [4.69, 9.17) is 5.11 Å². The van der Waals surface area contributed by atoms with Crippen LogP contribution in [0.3, 0.4) is 0 Å². The van der Waals surface area contributed by atoms with Crippen LogP contribution in [-0.4, -0.2) is 35.5 Å². The zero-order valence-corrected chi connectivity index (χ0v) is 13.3. The zero-order chi connectivity index (χ0) is 16.9.